The molecule has 2 heterocycles. The van der Waals surface area contributed by atoms with Crippen LogP contribution in [0.1, 0.15) is 41.7 Å². The van der Waals surface area contributed by atoms with Gasteiger partial charge in [0.25, 0.3) is 5.56 Å². The van der Waals surface area contributed by atoms with E-state index in [1.54, 1.807) is 6.92 Å². The van der Waals surface area contributed by atoms with Gasteiger partial charge in [-0.25, -0.2) is 4.79 Å². The molecule has 1 aromatic rings. The molecule has 1 aromatic heterocycles. The highest BCUT2D eigenvalue weighted by atomic mass is 28.4. The van der Waals surface area contributed by atoms with E-state index >= 15 is 0 Å². The molecule has 0 bridgehead atoms. The van der Waals surface area contributed by atoms with Crippen molar-refractivity contribution in [3.05, 3.63) is 32.6 Å². The number of hydrogen-bond acceptors (Lipinski definition) is 5. The first-order valence-electron chi connectivity index (χ1n) is 9.59. The number of nitrogens with one attached hydrogen (secondary N) is 1. The number of aryl methyl sites for hydroxylation is 1. The second-order valence-electron chi connectivity index (χ2n) is 8.09. The maximum Gasteiger partial charge on any atom is 0.330 e. The lowest BCUT2D eigenvalue weighted by Crippen LogP contribution is -2.46. The molecular weight excluding hydrogens is 340 g/mol. The highest BCUT2D eigenvalue weighted by molar-refractivity contribution is 6.74. The topological polar surface area (TPSA) is 82.5 Å². The summed E-state index contributed by atoms with van der Waals surface area (Å²) in [7, 11) is -3.52. The highest BCUT2D eigenvalue weighted by Crippen LogP contribution is 2.40. The van der Waals surface area contributed by atoms with E-state index in [4.69, 9.17) is 16.6 Å². The zero-order valence-electron chi connectivity index (χ0n) is 17.8. The Morgan fingerprint density at radius 3 is 2.80 bits per heavy atom. The number of H-pyrrole nitrogens is 1. The summed E-state index contributed by atoms with van der Waals surface area (Å²) in [5, 5.41) is -0.00468. The first kappa shape index (κ1) is 17.2. The van der Waals surface area contributed by atoms with Gasteiger partial charge in [0.15, 0.2) is 8.32 Å². The van der Waals surface area contributed by atoms with Crippen LogP contribution in [0.15, 0.2) is 15.8 Å². The van der Waals surface area contributed by atoms with Crippen LogP contribution < -0.4 is 11.2 Å². The fraction of sp³-hybridized carbons (Fsp3) is 0.765. The monoisotopic (exact) mass is 373 g/mol. The van der Waals surface area contributed by atoms with Crippen LogP contribution in [0.4, 0.5) is 0 Å². The molecule has 1 N–H and O–H groups in total. The van der Waals surface area contributed by atoms with Crippen molar-refractivity contribution in [3.63, 3.8) is 0 Å². The van der Waals surface area contributed by atoms with Gasteiger partial charge in [0, 0.05) is 25.2 Å². The molecular formula is C17H30N2O5Si. The Morgan fingerprint density at radius 1 is 1.52 bits per heavy atom. The Labute approximate surface area is 152 Å². The summed E-state index contributed by atoms with van der Waals surface area (Å²) < 4.78 is 33.4. The van der Waals surface area contributed by atoms with Gasteiger partial charge in [0.2, 0.25) is 0 Å². The van der Waals surface area contributed by atoms with Gasteiger partial charge in [-0.3, -0.25) is 14.3 Å². The SMILES string of the molecule is [2H]C([3H])OCC1OC(n2cc(C)c(=O)[nH]c2=O)CC1O[Si](C)(C)C(C)(C)C. The third-order valence-corrected chi connectivity index (χ3v) is 9.65. The van der Waals surface area contributed by atoms with Gasteiger partial charge in [0.1, 0.15) is 12.3 Å². The van der Waals surface area contributed by atoms with Crippen LogP contribution in [0.5, 0.6) is 0 Å². The number of ether oxygens (including phenoxy) is 2. The van der Waals surface area contributed by atoms with E-state index in [-0.39, 0.29) is 17.7 Å². The lowest BCUT2D eigenvalue weighted by molar-refractivity contribution is -0.0527. The third-order valence-electron chi connectivity index (χ3n) is 5.15. The number of rotatable bonds is 5. The van der Waals surface area contributed by atoms with E-state index in [1.165, 1.54) is 10.8 Å². The number of aromatic amines is 1. The molecule has 0 amide bonds. The fourth-order valence-electron chi connectivity index (χ4n) is 2.60. The van der Waals surface area contributed by atoms with Crippen molar-refractivity contribution >= 4 is 8.32 Å². The average molecular weight is 374 g/mol. The van der Waals surface area contributed by atoms with Crippen LogP contribution in [-0.2, 0) is 13.9 Å². The minimum Gasteiger partial charge on any atom is -0.411 e. The molecule has 142 valence electrons. The van der Waals surface area contributed by atoms with Crippen LogP contribution in [0.3, 0.4) is 0 Å². The first-order chi connectivity index (χ1) is 12.3. The van der Waals surface area contributed by atoms with Crippen molar-refractivity contribution in [1.29, 1.82) is 0 Å². The van der Waals surface area contributed by atoms with E-state index in [0.717, 1.165) is 0 Å². The molecule has 0 radical (unpaired) electrons. The summed E-state index contributed by atoms with van der Waals surface area (Å²) >= 11 is 0. The molecule has 4 atom stereocenters. The van der Waals surface area contributed by atoms with E-state index < -0.39 is 39.0 Å². The van der Waals surface area contributed by atoms with Gasteiger partial charge in [-0.05, 0) is 25.1 Å². The van der Waals surface area contributed by atoms with Gasteiger partial charge in [0.05, 0.1) is 15.5 Å². The molecule has 0 aromatic carbocycles. The highest BCUT2D eigenvalue weighted by Gasteiger charge is 2.45. The van der Waals surface area contributed by atoms with Gasteiger partial charge in [-0.2, -0.15) is 0 Å². The van der Waals surface area contributed by atoms with Crippen LogP contribution in [-0.4, -0.2) is 43.7 Å². The summed E-state index contributed by atoms with van der Waals surface area (Å²) in [5.41, 5.74) is -0.547. The Morgan fingerprint density at radius 2 is 2.20 bits per heavy atom. The van der Waals surface area contributed by atoms with E-state index in [1.807, 2.05) is 0 Å². The number of hydrogen-bond donors (Lipinski definition) is 1. The average Bonchev–Trinajstić information content (AvgIpc) is 2.89. The number of methoxy groups -OCH3 is 1. The van der Waals surface area contributed by atoms with Crippen LogP contribution in [0.2, 0.25) is 18.1 Å². The normalized spacial score (nSPS) is 27.0. The van der Waals surface area contributed by atoms with Crippen molar-refractivity contribution in [2.45, 2.75) is 70.7 Å². The number of aromatic nitrogens is 2. The zero-order chi connectivity index (χ0) is 20.6. The number of nitrogens with zero attached hydrogens (tertiary/aromatic N) is 1. The molecule has 8 heteroatoms. The molecule has 4 unspecified atom stereocenters. The third kappa shape index (κ3) is 4.31. The molecule has 1 saturated heterocycles. The summed E-state index contributed by atoms with van der Waals surface area (Å²) in [4.78, 5) is 26.1. The van der Waals surface area contributed by atoms with Gasteiger partial charge < -0.3 is 13.9 Å². The van der Waals surface area contributed by atoms with Crippen molar-refractivity contribution in [2.75, 3.05) is 13.7 Å². The Hall–Kier alpha value is -1.22. The standard InChI is InChI=1S/C17H30N2O5Si/c1-11-9-19(16(21)18-15(11)20)14-8-12(13(23-14)10-22-5)24-25(6,7)17(2,3)4/h9,12-14H,8,10H2,1-7H3,(H,18,20,21)/i5TD. The van der Waals surface area contributed by atoms with Crippen LogP contribution in [0, 0.1) is 6.92 Å². The van der Waals surface area contributed by atoms with Crippen LogP contribution >= 0.6 is 0 Å². The molecule has 7 nitrogen and oxygen atoms in total. The largest absolute Gasteiger partial charge is 0.411 e. The summed E-state index contributed by atoms with van der Waals surface area (Å²) in [6, 6.07) is 0. The predicted molar refractivity (Wildman–Crippen MR) is 98.5 cm³/mol. The Kier molecular flexibility index (Phi) is 4.94. The quantitative estimate of drug-likeness (QED) is 0.800. The second kappa shape index (κ2) is 7.18. The molecule has 0 saturated carbocycles. The lowest BCUT2D eigenvalue weighted by Gasteiger charge is -2.39. The molecule has 1 aliphatic rings. The minimum absolute atomic E-state index is 0.00468. The maximum absolute atomic E-state index is 12.2. The summed E-state index contributed by atoms with van der Waals surface area (Å²) in [6.07, 6.45) is 0.476. The maximum atomic E-state index is 12.2. The molecule has 25 heavy (non-hydrogen) atoms. The second-order valence-corrected chi connectivity index (χ2v) is 12.8. The predicted octanol–water partition coefficient (Wildman–Crippen LogP) is 2.17. The summed E-state index contributed by atoms with van der Waals surface area (Å²) in [6.45, 7) is 12.3. The lowest BCUT2D eigenvalue weighted by atomic mass is 10.2. The van der Waals surface area contributed by atoms with Crippen molar-refractivity contribution < 1.29 is 16.6 Å². The molecule has 1 aliphatic heterocycles. The molecule has 0 aliphatic carbocycles. The fourth-order valence-corrected chi connectivity index (χ4v) is 3.95. The Balaban J connectivity index is 2.28. The van der Waals surface area contributed by atoms with E-state index in [0.29, 0.717) is 12.0 Å². The van der Waals surface area contributed by atoms with Crippen molar-refractivity contribution in [1.82, 2.24) is 9.55 Å². The van der Waals surface area contributed by atoms with Gasteiger partial charge in [-0.15, -0.1) is 0 Å². The molecule has 2 rings (SSSR count). The van der Waals surface area contributed by atoms with Gasteiger partial charge >= 0.3 is 5.69 Å². The minimum atomic E-state index is -2.11. The summed E-state index contributed by atoms with van der Waals surface area (Å²) in [5.74, 6) is 0. The zero-order valence-corrected chi connectivity index (χ0v) is 16.8. The first-order valence-corrected chi connectivity index (χ1v) is 11.3. The van der Waals surface area contributed by atoms with Crippen LogP contribution in [0.25, 0.3) is 0 Å². The van der Waals surface area contributed by atoms with E-state index in [2.05, 4.69) is 38.8 Å². The smallest absolute Gasteiger partial charge is 0.330 e. The van der Waals surface area contributed by atoms with Crippen molar-refractivity contribution in [3.8, 4) is 0 Å². The molecule has 0 spiro atoms. The van der Waals surface area contributed by atoms with E-state index in [9.17, 15) is 9.59 Å². The Bertz CT molecular complexity index is 772. The van der Waals surface area contributed by atoms with Gasteiger partial charge in [-0.1, -0.05) is 20.8 Å². The van der Waals surface area contributed by atoms with Crippen molar-refractivity contribution in [2.24, 2.45) is 0 Å². The molecule has 1 fully saturated rings.